The molecule has 0 spiro atoms. The minimum absolute atomic E-state index is 0.893. The molecule has 0 bridgehead atoms. The first-order valence-corrected chi connectivity index (χ1v) is 7.11. The molecule has 1 fully saturated rings. The van der Waals surface area contributed by atoms with Gasteiger partial charge in [0.25, 0.3) is 0 Å². The molecule has 0 radical (unpaired) electrons. The molecule has 0 saturated heterocycles. The molecule has 1 N–H and O–H groups in total. The number of benzene rings is 1. The van der Waals surface area contributed by atoms with E-state index >= 15 is 0 Å². The summed E-state index contributed by atoms with van der Waals surface area (Å²) in [7, 11) is 0. The lowest BCUT2D eigenvalue weighted by atomic mass is 10.1. The Hall–Kier alpha value is -0.820. The van der Waals surface area contributed by atoms with E-state index in [4.69, 9.17) is 0 Å². The van der Waals surface area contributed by atoms with E-state index in [-0.39, 0.29) is 0 Å². The lowest BCUT2D eigenvalue weighted by Gasteiger charge is -2.11. The van der Waals surface area contributed by atoms with Crippen LogP contribution in [0.25, 0.3) is 0 Å². The van der Waals surface area contributed by atoms with Gasteiger partial charge in [-0.15, -0.1) is 0 Å². The van der Waals surface area contributed by atoms with Gasteiger partial charge in [0, 0.05) is 0 Å². The molecule has 1 aliphatic rings. The van der Waals surface area contributed by atoms with E-state index in [1.807, 2.05) is 0 Å². The van der Waals surface area contributed by atoms with Gasteiger partial charge in [0.15, 0.2) is 0 Å². The van der Waals surface area contributed by atoms with Crippen molar-refractivity contribution in [3.63, 3.8) is 0 Å². The van der Waals surface area contributed by atoms with Gasteiger partial charge < -0.3 is 5.32 Å². The first-order chi connectivity index (χ1) is 8.36. The monoisotopic (exact) mass is 231 g/mol. The molecule has 0 amide bonds. The first kappa shape index (κ1) is 12.6. The SMILES string of the molecule is CC(CNCCCCc1ccccc1)C1CC1. The molecule has 1 heteroatoms. The Bertz CT molecular complexity index is 303. The Morgan fingerprint density at radius 1 is 1.18 bits per heavy atom. The molecule has 0 aliphatic heterocycles. The molecule has 0 heterocycles. The van der Waals surface area contributed by atoms with Crippen LogP contribution in [0.2, 0.25) is 0 Å². The smallest absolute Gasteiger partial charge is 0.00205 e. The third-order valence-corrected chi connectivity index (χ3v) is 3.80. The largest absolute Gasteiger partial charge is 0.316 e. The number of rotatable bonds is 8. The normalized spacial score (nSPS) is 17.0. The van der Waals surface area contributed by atoms with Crippen LogP contribution in [0.3, 0.4) is 0 Å². The van der Waals surface area contributed by atoms with Crippen LogP contribution in [0.15, 0.2) is 30.3 Å². The van der Waals surface area contributed by atoms with E-state index < -0.39 is 0 Å². The average molecular weight is 231 g/mol. The van der Waals surface area contributed by atoms with Crippen molar-refractivity contribution in [3.05, 3.63) is 35.9 Å². The molecule has 1 aliphatic carbocycles. The number of hydrogen-bond donors (Lipinski definition) is 1. The number of unbranched alkanes of at least 4 members (excludes halogenated alkanes) is 1. The van der Waals surface area contributed by atoms with Crippen molar-refractivity contribution >= 4 is 0 Å². The fraction of sp³-hybridized carbons (Fsp3) is 0.625. The summed E-state index contributed by atoms with van der Waals surface area (Å²) in [5, 5.41) is 3.59. The molecule has 1 atom stereocenters. The highest BCUT2D eigenvalue weighted by Crippen LogP contribution is 2.35. The van der Waals surface area contributed by atoms with Gasteiger partial charge in [-0.3, -0.25) is 0 Å². The predicted molar refractivity (Wildman–Crippen MR) is 74.1 cm³/mol. The minimum atomic E-state index is 0.893. The van der Waals surface area contributed by atoms with Gasteiger partial charge in [-0.25, -0.2) is 0 Å². The zero-order chi connectivity index (χ0) is 11.9. The summed E-state index contributed by atoms with van der Waals surface area (Å²) in [4.78, 5) is 0. The summed E-state index contributed by atoms with van der Waals surface area (Å²) < 4.78 is 0. The lowest BCUT2D eigenvalue weighted by Crippen LogP contribution is -2.23. The molecule has 1 unspecified atom stereocenters. The van der Waals surface area contributed by atoms with Gasteiger partial charge in [0.2, 0.25) is 0 Å². The van der Waals surface area contributed by atoms with E-state index in [1.54, 1.807) is 0 Å². The zero-order valence-corrected chi connectivity index (χ0v) is 11.0. The Morgan fingerprint density at radius 3 is 2.65 bits per heavy atom. The van der Waals surface area contributed by atoms with Gasteiger partial charge in [0.05, 0.1) is 0 Å². The number of aryl methyl sites for hydroxylation is 1. The topological polar surface area (TPSA) is 12.0 Å². The van der Waals surface area contributed by atoms with Crippen molar-refractivity contribution in [2.24, 2.45) is 11.8 Å². The van der Waals surface area contributed by atoms with Crippen LogP contribution < -0.4 is 5.32 Å². The van der Waals surface area contributed by atoms with Gasteiger partial charge in [-0.1, -0.05) is 37.3 Å². The van der Waals surface area contributed by atoms with Crippen molar-refractivity contribution in [1.82, 2.24) is 5.32 Å². The quantitative estimate of drug-likeness (QED) is 0.673. The van der Waals surface area contributed by atoms with E-state index in [1.165, 1.54) is 50.8 Å². The van der Waals surface area contributed by atoms with E-state index in [0.29, 0.717) is 0 Å². The molecule has 1 aromatic carbocycles. The Labute approximate surface area is 106 Å². The van der Waals surface area contributed by atoms with Gasteiger partial charge >= 0.3 is 0 Å². The third kappa shape index (κ3) is 4.91. The molecule has 1 nitrogen and oxygen atoms in total. The maximum Gasteiger partial charge on any atom is -0.00205 e. The maximum atomic E-state index is 3.59. The second kappa shape index (κ2) is 6.80. The zero-order valence-electron chi connectivity index (χ0n) is 11.0. The highest BCUT2D eigenvalue weighted by Gasteiger charge is 2.27. The van der Waals surface area contributed by atoms with Crippen molar-refractivity contribution in [2.75, 3.05) is 13.1 Å². The summed E-state index contributed by atoms with van der Waals surface area (Å²) in [5.74, 6) is 1.93. The third-order valence-electron chi connectivity index (χ3n) is 3.80. The second-order valence-corrected chi connectivity index (χ2v) is 5.46. The fourth-order valence-electron chi connectivity index (χ4n) is 2.39. The van der Waals surface area contributed by atoms with Crippen molar-refractivity contribution in [1.29, 1.82) is 0 Å². The number of hydrogen-bond acceptors (Lipinski definition) is 1. The van der Waals surface area contributed by atoms with Crippen LogP contribution in [0, 0.1) is 11.8 Å². The van der Waals surface area contributed by atoms with Gasteiger partial charge in [-0.05, 0) is 62.6 Å². The summed E-state index contributed by atoms with van der Waals surface area (Å²) in [6.07, 6.45) is 6.76. The highest BCUT2D eigenvalue weighted by molar-refractivity contribution is 5.14. The van der Waals surface area contributed by atoms with Crippen LogP contribution in [0.5, 0.6) is 0 Å². The summed E-state index contributed by atoms with van der Waals surface area (Å²) in [6, 6.07) is 10.8. The van der Waals surface area contributed by atoms with Crippen LogP contribution >= 0.6 is 0 Å². The fourth-order valence-corrected chi connectivity index (χ4v) is 2.39. The van der Waals surface area contributed by atoms with Crippen LogP contribution in [0.1, 0.15) is 38.2 Å². The molecule has 0 aromatic heterocycles. The molecule has 94 valence electrons. The maximum absolute atomic E-state index is 3.59. The van der Waals surface area contributed by atoms with Crippen molar-refractivity contribution in [3.8, 4) is 0 Å². The first-order valence-electron chi connectivity index (χ1n) is 7.11. The van der Waals surface area contributed by atoms with Crippen molar-refractivity contribution in [2.45, 2.75) is 39.0 Å². The molecular weight excluding hydrogens is 206 g/mol. The van der Waals surface area contributed by atoms with E-state index in [9.17, 15) is 0 Å². The van der Waals surface area contributed by atoms with Gasteiger partial charge in [0.1, 0.15) is 0 Å². The Balaban J connectivity index is 1.46. The molecular formula is C16H25N. The lowest BCUT2D eigenvalue weighted by molar-refractivity contribution is 0.457. The molecule has 1 saturated carbocycles. The second-order valence-electron chi connectivity index (χ2n) is 5.46. The molecule has 2 rings (SSSR count). The summed E-state index contributed by atoms with van der Waals surface area (Å²) in [5.41, 5.74) is 1.47. The molecule has 17 heavy (non-hydrogen) atoms. The van der Waals surface area contributed by atoms with Gasteiger partial charge in [-0.2, -0.15) is 0 Å². The summed E-state index contributed by atoms with van der Waals surface area (Å²) in [6.45, 7) is 4.79. The van der Waals surface area contributed by atoms with Crippen LogP contribution in [-0.4, -0.2) is 13.1 Å². The van der Waals surface area contributed by atoms with Crippen molar-refractivity contribution < 1.29 is 0 Å². The van der Waals surface area contributed by atoms with Crippen LogP contribution in [0.4, 0.5) is 0 Å². The highest BCUT2D eigenvalue weighted by atomic mass is 14.9. The minimum Gasteiger partial charge on any atom is -0.316 e. The van der Waals surface area contributed by atoms with Crippen LogP contribution in [-0.2, 0) is 6.42 Å². The summed E-state index contributed by atoms with van der Waals surface area (Å²) >= 11 is 0. The van der Waals surface area contributed by atoms with E-state index in [2.05, 4.69) is 42.6 Å². The average Bonchev–Trinajstić information content (AvgIpc) is 3.19. The predicted octanol–water partition coefficient (Wildman–Crippen LogP) is 3.65. The Morgan fingerprint density at radius 2 is 1.94 bits per heavy atom. The van der Waals surface area contributed by atoms with E-state index in [0.717, 1.165) is 11.8 Å². The molecule has 1 aromatic rings. The number of nitrogens with one attached hydrogen (secondary N) is 1. The Kier molecular flexibility index (Phi) is 5.06. The standard InChI is InChI=1S/C16H25N/c1-14(16-10-11-16)13-17-12-6-5-9-15-7-3-2-4-8-15/h2-4,7-8,14,16-17H,5-6,9-13H2,1H3.